The van der Waals surface area contributed by atoms with Crippen molar-refractivity contribution in [2.24, 2.45) is 0 Å². The van der Waals surface area contributed by atoms with Crippen molar-refractivity contribution in [2.45, 2.75) is 6.54 Å². The molecule has 10 heteroatoms. The smallest absolute Gasteiger partial charge is 0.279 e. The van der Waals surface area contributed by atoms with Crippen LogP contribution in [0.15, 0.2) is 74.4 Å². The third-order valence-electron chi connectivity index (χ3n) is 4.18. The van der Waals surface area contributed by atoms with Crippen LogP contribution in [-0.4, -0.2) is 31.7 Å². The Hall–Kier alpha value is -2.49. The van der Waals surface area contributed by atoms with Crippen LogP contribution < -0.4 is 5.32 Å². The summed E-state index contributed by atoms with van der Waals surface area (Å²) in [5.74, 6) is -1.09. The largest absolute Gasteiger partial charge is 0.350 e. The highest BCUT2D eigenvalue weighted by atomic mass is 79.9. The molecule has 2 heterocycles. The number of imide groups is 1. The maximum atomic E-state index is 12.7. The van der Waals surface area contributed by atoms with Gasteiger partial charge in [0.1, 0.15) is 16.4 Å². The maximum absolute atomic E-state index is 12.7. The Labute approximate surface area is 187 Å². The number of hydrogen-bond acceptors (Lipinski definition) is 5. The minimum Gasteiger partial charge on any atom is -0.350 e. The van der Waals surface area contributed by atoms with Gasteiger partial charge in [-0.05, 0) is 48.5 Å². The van der Waals surface area contributed by atoms with Crippen molar-refractivity contribution >= 4 is 61.0 Å². The standard InChI is InChI=1S/C19H12Br2ClN5O2/c20-11-1-5-13(6-2-11)23-17-16(22)18(28)26(19(17)29)9-14-10-27(25-24-14)15-7-3-12(21)4-8-15/h1-8,10,23H,9H2. The zero-order valence-electron chi connectivity index (χ0n) is 14.6. The van der Waals surface area contributed by atoms with Gasteiger partial charge in [0.25, 0.3) is 11.8 Å². The Balaban J connectivity index is 1.50. The molecule has 7 nitrogen and oxygen atoms in total. The minimum atomic E-state index is -0.575. The molecule has 29 heavy (non-hydrogen) atoms. The first kappa shape index (κ1) is 19.8. The molecule has 1 aliphatic heterocycles. The van der Waals surface area contributed by atoms with Gasteiger partial charge in [-0.25, -0.2) is 4.68 Å². The first-order valence-electron chi connectivity index (χ1n) is 8.38. The van der Waals surface area contributed by atoms with E-state index in [2.05, 4.69) is 47.5 Å². The van der Waals surface area contributed by atoms with Gasteiger partial charge in [0, 0.05) is 14.6 Å². The summed E-state index contributed by atoms with van der Waals surface area (Å²) in [6.45, 7) is -0.0318. The van der Waals surface area contributed by atoms with E-state index < -0.39 is 11.8 Å². The summed E-state index contributed by atoms with van der Waals surface area (Å²) < 4.78 is 3.41. The maximum Gasteiger partial charge on any atom is 0.279 e. The van der Waals surface area contributed by atoms with Crippen LogP contribution in [0.1, 0.15) is 5.69 Å². The lowest BCUT2D eigenvalue weighted by Crippen LogP contribution is -2.32. The van der Waals surface area contributed by atoms with Gasteiger partial charge >= 0.3 is 0 Å². The zero-order valence-corrected chi connectivity index (χ0v) is 18.6. The highest BCUT2D eigenvalue weighted by Gasteiger charge is 2.38. The molecule has 4 rings (SSSR count). The van der Waals surface area contributed by atoms with Crippen molar-refractivity contribution in [3.05, 3.63) is 80.1 Å². The molecule has 0 aliphatic carbocycles. The first-order chi connectivity index (χ1) is 13.9. The van der Waals surface area contributed by atoms with Gasteiger partial charge in [-0.15, -0.1) is 5.10 Å². The second-order valence-corrected chi connectivity index (χ2v) is 8.36. The topological polar surface area (TPSA) is 80.1 Å². The third-order valence-corrected chi connectivity index (χ3v) is 5.59. The zero-order chi connectivity index (χ0) is 20.5. The van der Waals surface area contributed by atoms with Crippen LogP contribution in [0.4, 0.5) is 5.69 Å². The number of carbonyl (C=O) groups is 2. The second kappa shape index (κ2) is 8.10. The lowest BCUT2D eigenvalue weighted by Gasteiger charge is -2.13. The molecular formula is C19H12Br2ClN5O2. The fraction of sp³-hybridized carbons (Fsp3) is 0.0526. The molecule has 1 N–H and O–H groups in total. The van der Waals surface area contributed by atoms with Gasteiger partial charge in [0.2, 0.25) is 0 Å². The van der Waals surface area contributed by atoms with Gasteiger partial charge in [-0.3, -0.25) is 14.5 Å². The van der Waals surface area contributed by atoms with Gasteiger partial charge in [0.05, 0.1) is 18.4 Å². The molecule has 0 radical (unpaired) electrons. The predicted molar refractivity (Wildman–Crippen MR) is 115 cm³/mol. The molecular weight excluding hydrogens is 526 g/mol. The lowest BCUT2D eigenvalue weighted by atomic mass is 10.3. The van der Waals surface area contributed by atoms with Crippen LogP contribution in [0, 0.1) is 0 Å². The fourth-order valence-corrected chi connectivity index (χ4v) is 3.49. The summed E-state index contributed by atoms with van der Waals surface area (Å²) in [6, 6.07) is 14.7. The van der Waals surface area contributed by atoms with E-state index in [9.17, 15) is 9.59 Å². The highest BCUT2D eigenvalue weighted by Crippen LogP contribution is 2.27. The van der Waals surface area contributed by atoms with Crippen molar-refractivity contribution in [3.63, 3.8) is 0 Å². The second-order valence-electron chi connectivity index (χ2n) is 6.15. The summed E-state index contributed by atoms with van der Waals surface area (Å²) in [5, 5.41) is 10.9. The van der Waals surface area contributed by atoms with E-state index in [4.69, 9.17) is 11.6 Å². The van der Waals surface area contributed by atoms with Gasteiger partial charge in [0.15, 0.2) is 0 Å². The lowest BCUT2D eigenvalue weighted by molar-refractivity contribution is -0.138. The molecule has 146 valence electrons. The van der Waals surface area contributed by atoms with Crippen molar-refractivity contribution in [3.8, 4) is 5.69 Å². The van der Waals surface area contributed by atoms with E-state index in [1.807, 2.05) is 36.4 Å². The number of rotatable bonds is 5. The van der Waals surface area contributed by atoms with Crippen LogP contribution >= 0.6 is 43.5 Å². The summed E-state index contributed by atoms with van der Waals surface area (Å²) in [5.41, 5.74) is 1.95. The van der Waals surface area contributed by atoms with Crippen LogP contribution in [0.25, 0.3) is 5.69 Å². The summed E-state index contributed by atoms with van der Waals surface area (Å²) in [7, 11) is 0. The number of amides is 2. The summed E-state index contributed by atoms with van der Waals surface area (Å²) in [4.78, 5) is 26.3. The number of nitrogens with zero attached hydrogens (tertiary/aromatic N) is 4. The Bertz CT molecular complexity index is 1130. The summed E-state index contributed by atoms with van der Waals surface area (Å²) in [6.07, 6.45) is 1.66. The van der Waals surface area contributed by atoms with Crippen molar-refractivity contribution in [1.82, 2.24) is 19.9 Å². The van der Waals surface area contributed by atoms with Crippen molar-refractivity contribution < 1.29 is 9.59 Å². The molecule has 2 amide bonds. The number of anilines is 1. The molecule has 3 aromatic rings. The summed E-state index contributed by atoms with van der Waals surface area (Å²) >= 11 is 12.9. The van der Waals surface area contributed by atoms with Crippen molar-refractivity contribution in [2.75, 3.05) is 5.32 Å². The minimum absolute atomic E-state index is 0.0318. The molecule has 0 spiro atoms. The van der Waals surface area contributed by atoms with E-state index >= 15 is 0 Å². The number of halogens is 3. The van der Waals surface area contributed by atoms with Gasteiger partial charge in [-0.2, -0.15) is 0 Å². The Kier molecular flexibility index (Phi) is 5.53. The predicted octanol–water partition coefficient (Wildman–Crippen LogP) is 4.22. The first-order valence-corrected chi connectivity index (χ1v) is 10.3. The highest BCUT2D eigenvalue weighted by molar-refractivity contribution is 9.10. The number of carbonyl (C=O) groups excluding carboxylic acids is 2. The van der Waals surface area contributed by atoms with E-state index in [-0.39, 0.29) is 17.3 Å². The molecule has 2 aromatic carbocycles. The monoisotopic (exact) mass is 535 g/mol. The Morgan fingerprint density at radius 3 is 2.21 bits per heavy atom. The van der Waals surface area contributed by atoms with Crippen LogP contribution in [0.3, 0.4) is 0 Å². The number of hydrogen-bond donors (Lipinski definition) is 1. The quantitative estimate of drug-likeness (QED) is 0.493. The molecule has 0 unspecified atom stereocenters. The van der Waals surface area contributed by atoms with Crippen LogP contribution in [-0.2, 0) is 16.1 Å². The number of benzene rings is 2. The Morgan fingerprint density at radius 1 is 0.931 bits per heavy atom. The van der Waals surface area contributed by atoms with E-state index in [0.717, 1.165) is 19.5 Å². The average molecular weight is 538 g/mol. The van der Waals surface area contributed by atoms with Crippen molar-refractivity contribution in [1.29, 1.82) is 0 Å². The molecule has 0 atom stereocenters. The van der Waals surface area contributed by atoms with E-state index in [1.54, 1.807) is 23.0 Å². The molecule has 0 fully saturated rings. The van der Waals surface area contributed by atoms with Gasteiger partial charge < -0.3 is 5.32 Å². The molecule has 0 saturated carbocycles. The molecule has 0 saturated heterocycles. The van der Waals surface area contributed by atoms with E-state index in [0.29, 0.717) is 11.4 Å². The number of aromatic nitrogens is 3. The fourth-order valence-electron chi connectivity index (χ4n) is 2.73. The SMILES string of the molecule is O=C1C(Cl)=C(Nc2ccc(Br)cc2)C(=O)N1Cc1cn(-c2ccc(Br)cc2)nn1. The van der Waals surface area contributed by atoms with Crippen LogP contribution in [0.5, 0.6) is 0 Å². The normalized spacial score (nSPS) is 14.1. The van der Waals surface area contributed by atoms with Gasteiger partial charge in [-0.1, -0.05) is 48.7 Å². The number of nitrogens with one attached hydrogen (secondary N) is 1. The van der Waals surface area contributed by atoms with Crippen LogP contribution in [0.2, 0.25) is 0 Å². The molecule has 1 aromatic heterocycles. The molecule has 0 bridgehead atoms. The average Bonchev–Trinajstić information content (AvgIpc) is 3.25. The van der Waals surface area contributed by atoms with E-state index in [1.165, 1.54) is 0 Å². The third kappa shape index (κ3) is 4.12. The Morgan fingerprint density at radius 2 is 1.55 bits per heavy atom. The molecule has 1 aliphatic rings.